The van der Waals surface area contributed by atoms with Crippen LogP contribution in [0.15, 0.2) is 31.1 Å². The molecule has 1 aliphatic heterocycles. The van der Waals surface area contributed by atoms with Crippen molar-refractivity contribution in [3.8, 4) is 11.3 Å². The van der Waals surface area contributed by atoms with E-state index in [0.717, 1.165) is 42.0 Å². The van der Waals surface area contributed by atoms with Gasteiger partial charge in [-0.15, -0.1) is 0 Å². The SMILES string of the molecule is C=C(c1c(F)ccc(C)c1F)N1CCCn2ncc(-c3[nH]ncc3C(C)CC)c21. The van der Waals surface area contributed by atoms with Crippen molar-refractivity contribution in [3.05, 3.63) is 59.4 Å². The Hall–Kier alpha value is -2.96. The number of hydrogen-bond acceptors (Lipinski definition) is 3. The fourth-order valence-electron chi connectivity index (χ4n) is 3.91. The molecule has 1 N–H and O–H groups in total. The molecule has 1 unspecified atom stereocenters. The molecule has 152 valence electrons. The van der Waals surface area contributed by atoms with E-state index in [1.807, 2.05) is 15.8 Å². The fraction of sp³-hybridized carbons (Fsp3) is 0.364. The second kappa shape index (κ2) is 7.46. The molecule has 2 aromatic heterocycles. The number of rotatable bonds is 5. The van der Waals surface area contributed by atoms with Gasteiger partial charge in [0.2, 0.25) is 0 Å². The molecule has 0 fully saturated rings. The van der Waals surface area contributed by atoms with E-state index < -0.39 is 11.6 Å². The zero-order valence-corrected chi connectivity index (χ0v) is 17.0. The quantitative estimate of drug-likeness (QED) is 0.639. The average molecular weight is 397 g/mol. The standard InChI is InChI=1S/C22H25F2N5/c1-5-13(2)16-11-25-27-21(16)17-12-26-29-10-6-9-28(22(17)29)15(4)19-18(23)8-7-14(3)20(19)24/h7-8,11-13H,4-6,9-10H2,1-3H3,(H,25,27). The number of fused-ring (bicyclic) bond motifs is 1. The van der Waals surface area contributed by atoms with Crippen molar-refractivity contribution in [1.82, 2.24) is 20.0 Å². The summed E-state index contributed by atoms with van der Waals surface area (Å²) in [5.41, 5.74) is 3.47. The van der Waals surface area contributed by atoms with Crippen LogP contribution in [0.1, 0.15) is 49.3 Å². The third kappa shape index (κ3) is 3.14. The minimum absolute atomic E-state index is 0.0858. The highest BCUT2D eigenvalue weighted by molar-refractivity contribution is 5.86. The first-order chi connectivity index (χ1) is 13.9. The number of benzene rings is 1. The predicted octanol–water partition coefficient (Wildman–Crippen LogP) is 5.25. The smallest absolute Gasteiger partial charge is 0.140 e. The molecule has 1 aromatic carbocycles. The lowest BCUT2D eigenvalue weighted by Crippen LogP contribution is -2.31. The second-order valence-corrected chi connectivity index (χ2v) is 7.62. The van der Waals surface area contributed by atoms with Gasteiger partial charge in [-0.25, -0.2) is 13.5 Å². The molecule has 0 radical (unpaired) electrons. The first kappa shape index (κ1) is 19.4. The van der Waals surface area contributed by atoms with Gasteiger partial charge in [-0.05, 0) is 37.3 Å². The Balaban J connectivity index is 1.83. The maximum absolute atomic E-state index is 14.8. The lowest BCUT2D eigenvalue weighted by atomic mass is 9.96. The van der Waals surface area contributed by atoms with Gasteiger partial charge < -0.3 is 4.90 Å². The summed E-state index contributed by atoms with van der Waals surface area (Å²) in [6, 6.07) is 2.73. The van der Waals surface area contributed by atoms with Gasteiger partial charge in [0.25, 0.3) is 0 Å². The van der Waals surface area contributed by atoms with Crippen molar-refractivity contribution >= 4 is 11.5 Å². The Labute approximate surface area is 169 Å². The Morgan fingerprint density at radius 2 is 2.07 bits per heavy atom. The number of aryl methyl sites for hydroxylation is 2. The van der Waals surface area contributed by atoms with E-state index in [1.54, 1.807) is 13.1 Å². The molecular weight excluding hydrogens is 372 g/mol. The van der Waals surface area contributed by atoms with E-state index in [2.05, 4.69) is 35.7 Å². The van der Waals surface area contributed by atoms with Crippen LogP contribution in [0.2, 0.25) is 0 Å². The second-order valence-electron chi connectivity index (χ2n) is 7.62. The van der Waals surface area contributed by atoms with E-state index in [9.17, 15) is 8.78 Å². The highest BCUT2D eigenvalue weighted by atomic mass is 19.1. The molecule has 0 saturated carbocycles. The normalized spacial score (nSPS) is 14.7. The van der Waals surface area contributed by atoms with Gasteiger partial charge in [0.1, 0.15) is 17.5 Å². The Bertz CT molecular complexity index is 1070. The van der Waals surface area contributed by atoms with Gasteiger partial charge in [0, 0.05) is 24.4 Å². The van der Waals surface area contributed by atoms with Crippen LogP contribution in [0.4, 0.5) is 14.6 Å². The monoisotopic (exact) mass is 397 g/mol. The third-order valence-corrected chi connectivity index (χ3v) is 5.80. The highest BCUT2D eigenvalue weighted by Crippen LogP contribution is 2.40. The molecule has 1 aliphatic rings. The summed E-state index contributed by atoms with van der Waals surface area (Å²) in [7, 11) is 0. The summed E-state index contributed by atoms with van der Waals surface area (Å²) in [6.07, 6.45) is 5.42. The van der Waals surface area contributed by atoms with Crippen LogP contribution < -0.4 is 4.90 Å². The Kier molecular flexibility index (Phi) is 4.98. The highest BCUT2D eigenvalue weighted by Gasteiger charge is 2.29. The molecular formula is C22H25F2N5. The summed E-state index contributed by atoms with van der Waals surface area (Å²) >= 11 is 0. The van der Waals surface area contributed by atoms with E-state index in [4.69, 9.17) is 0 Å². The number of hydrogen-bond donors (Lipinski definition) is 1. The van der Waals surface area contributed by atoms with Crippen molar-refractivity contribution in [2.75, 3.05) is 11.4 Å². The minimum Gasteiger partial charge on any atom is -0.326 e. The summed E-state index contributed by atoms with van der Waals surface area (Å²) in [5, 5.41) is 11.9. The number of aromatic amines is 1. The third-order valence-electron chi connectivity index (χ3n) is 5.80. The average Bonchev–Trinajstić information content (AvgIpc) is 3.36. The van der Waals surface area contributed by atoms with E-state index in [-0.39, 0.29) is 5.56 Å². The van der Waals surface area contributed by atoms with Gasteiger partial charge in [0.15, 0.2) is 0 Å². The molecule has 3 heterocycles. The number of nitrogens with zero attached hydrogens (tertiary/aromatic N) is 4. The van der Waals surface area contributed by atoms with E-state index in [0.29, 0.717) is 23.7 Å². The first-order valence-corrected chi connectivity index (χ1v) is 9.94. The van der Waals surface area contributed by atoms with Gasteiger partial charge in [0.05, 0.1) is 29.2 Å². The summed E-state index contributed by atoms with van der Waals surface area (Å²) < 4.78 is 31.2. The number of aromatic nitrogens is 4. The maximum Gasteiger partial charge on any atom is 0.140 e. The largest absolute Gasteiger partial charge is 0.326 e. The topological polar surface area (TPSA) is 49.7 Å². The van der Waals surface area contributed by atoms with Crippen LogP contribution in [-0.2, 0) is 6.54 Å². The van der Waals surface area contributed by atoms with Crippen LogP contribution in [-0.4, -0.2) is 26.5 Å². The van der Waals surface area contributed by atoms with Gasteiger partial charge in [-0.2, -0.15) is 10.2 Å². The van der Waals surface area contributed by atoms with Crippen molar-refractivity contribution in [3.63, 3.8) is 0 Å². The molecule has 0 amide bonds. The molecule has 3 aromatic rings. The van der Waals surface area contributed by atoms with Crippen molar-refractivity contribution in [2.24, 2.45) is 0 Å². The lowest BCUT2D eigenvalue weighted by Gasteiger charge is -2.32. The van der Waals surface area contributed by atoms with Gasteiger partial charge in [-0.3, -0.25) is 5.10 Å². The Morgan fingerprint density at radius 1 is 1.28 bits per heavy atom. The van der Waals surface area contributed by atoms with E-state index >= 15 is 0 Å². The molecule has 7 heteroatoms. The summed E-state index contributed by atoms with van der Waals surface area (Å²) in [5.74, 6) is -0.0743. The molecule has 0 aliphatic carbocycles. The number of H-pyrrole nitrogens is 1. The summed E-state index contributed by atoms with van der Waals surface area (Å²) in [6.45, 7) is 11.3. The minimum atomic E-state index is -0.613. The summed E-state index contributed by atoms with van der Waals surface area (Å²) in [4.78, 5) is 1.87. The van der Waals surface area contributed by atoms with Gasteiger partial charge >= 0.3 is 0 Å². The van der Waals surface area contributed by atoms with Crippen molar-refractivity contribution < 1.29 is 8.78 Å². The molecule has 29 heavy (non-hydrogen) atoms. The molecule has 0 spiro atoms. The van der Waals surface area contributed by atoms with Crippen molar-refractivity contribution in [2.45, 2.75) is 46.1 Å². The van der Waals surface area contributed by atoms with Crippen LogP contribution in [0.3, 0.4) is 0 Å². The van der Waals surface area contributed by atoms with Gasteiger partial charge in [-0.1, -0.05) is 26.5 Å². The van der Waals surface area contributed by atoms with E-state index in [1.165, 1.54) is 12.1 Å². The fourth-order valence-corrected chi connectivity index (χ4v) is 3.91. The zero-order chi connectivity index (χ0) is 20.7. The Morgan fingerprint density at radius 3 is 2.83 bits per heavy atom. The molecule has 5 nitrogen and oxygen atoms in total. The number of anilines is 1. The number of halogens is 2. The van der Waals surface area contributed by atoms with Crippen LogP contribution >= 0.6 is 0 Å². The molecule has 4 rings (SSSR count). The van der Waals surface area contributed by atoms with Crippen LogP contribution in [0.25, 0.3) is 17.0 Å². The maximum atomic E-state index is 14.8. The zero-order valence-electron chi connectivity index (χ0n) is 17.0. The number of nitrogens with one attached hydrogen (secondary N) is 1. The van der Waals surface area contributed by atoms with Crippen LogP contribution in [0.5, 0.6) is 0 Å². The van der Waals surface area contributed by atoms with Crippen LogP contribution in [0, 0.1) is 18.6 Å². The van der Waals surface area contributed by atoms with Crippen molar-refractivity contribution in [1.29, 1.82) is 0 Å². The molecule has 0 bridgehead atoms. The predicted molar refractivity (Wildman–Crippen MR) is 111 cm³/mol. The molecule has 1 atom stereocenters. The lowest BCUT2D eigenvalue weighted by molar-refractivity contribution is 0.538. The first-order valence-electron chi connectivity index (χ1n) is 9.94. The molecule has 0 saturated heterocycles.